The van der Waals surface area contributed by atoms with Gasteiger partial charge in [-0.2, -0.15) is 0 Å². The molecule has 0 spiro atoms. The number of carbonyl (C=O) groups excluding carboxylic acids is 1. The van der Waals surface area contributed by atoms with Crippen LogP contribution in [0.4, 0.5) is 0 Å². The molecule has 0 fully saturated rings. The van der Waals surface area contributed by atoms with Crippen molar-refractivity contribution in [3.63, 3.8) is 0 Å². The van der Waals surface area contributed by atoms with E-state index in [9.17, 15) is 9.90 Å². The van der Waals surface area contributed by atoms with Gasteiger partial charge in [0, 0.05) is 17.1 Å². The predicted octanol–water partition coefficient (Wildman–Crippen LogP) is 5.76. The summed E-state index contributed by atoms with van der Waals surface area (Å²) in [5.74, 6) is 0.689. The molecule has 1 atom stereocenters. The Hall–Kier alpha value is -3.44. The molecule has 170 valence electrons. The van der Waals surface area contributed by atoms with Crippen LogP contribution in [0.2, 0.25) is 5.02 Å². The lowest BCUT2D eigenvalue weighted by Crippen LogP contribution is -2.32. The Bertz CT molecular complexity index is 1190. The highest BCUT2D eigenvalue weighted by atomic mass is 35.5. The van der Waals surface area contributed by atoms with Gasteiger partial charge >= 0.3 is 0 Å². The number of hydrogen-bond acceptors (Lipinski definition) is 4. The number of methoxy groups -OCH3 is 2. The highest BCUT2D eigenvalue weighted by molar-refractivity contribution is 6.30. The third-order valence-corrected chi connectivity index (χ3v) is 6.19. The summed E-state index contributed by atoms with van der Waals surface area (Å²) in [6, 6.07) is 20.5. The Labute approximate surface area is 198 Å². The van der Waals surface area contributed by atoms with Crippen molar-refractivity contribution >= 4 is 23.1 Å². The smallest absolute Gasteiger partial charge is 0.289 e. The molecule has 5 nitrogen and oxygen atoms in total. The molecule has 1 amide bonds. The summed E-state index contributed by atoms with van der Waals surface area (Å²) >= 11 is 6.11. The lowest BCUT2D eigenvalue weighted by atomic mass is 9.93. The van der Waals surface area contributed by atoms with Gasteiger partial charge in [-0.25, -0.2) is 0 Å². The molecular formula is C27H26ClNO4. The molecule has 0 bridgehead atoms. The van der Waals surface area contributed by atoms with Crippen molar-refractivity contribution in [3.8, 4) is 11.5 Å². The van der Waals surface area contributed by atoms with Crippen molar-refractivity contribution in [2.45, 2.75) is 19.4 Å². The third kappa shape index (κ3) is 4.55. The molecule has 4 rings (SSSR count). The van der Waals surface area contributed by atoms with Crippen LogP contribution in [0.5, 0.6) is 11.5 Å². The van der Waals surface area contributed by atoms with Gasteiger partial charge in [0.25, 0.3) is 5.91 Å². The van der Waals surface area contributed by atoms with Crippen molar-refractivity contribution in [2.24, 2.45) is 0 Å². The van der Waals surface area contributed by atoms with Crippen LogP contribution in [0, 0.1) is 6.92 Å². The first-order valence-electron chi connectivity index (χ1n) is 10.7. The number of nitrogens with zero attached hydrogens (tertiary/aromatic N) is 1. The van der Waals surface area contributed by atoms with E-state index in [0.29, 0.717) is 35.1 Å². The number of ether oxygens (including phenoxy) is 2. The maximum atomic E-state index is 13.2. The van der Waals surface area contributed by atoms with Gasteiger partial charge in [-0.05, 0) is 54.3 Å². The van der Waals surface area contributed by atoms with E-state index >= 15 is 0 Å². The molecular weight excluding hydrogens is 438 g/mol. The number of aliphatic hydroxyl groups excluding tert-OH is 1. The first kappa shape index (κ1) is 22.7. The number of amides is 1. The van der Waals surface area contributed by atoms with Gasteiger partial charge in [0.05, 0.1) is 20.3 Å². The zero-order chi connectivity index (χ0) is 23.5. The summed E-state index contributed by atoms with van der Waals surface area (Å²) in [6.45, 7) is 2.42. The van der Waals surface area contributed by atoms with Crippen molar-refractivity contribution in [3.05, 3.63) is 99.8 Å². The summed E-state index contributed by atoms with van der Waals surface area (Å²) in [5.41, 5.74) is 4.42. The van der Waals surface area contributed by atoms with E-state index in [2.05, 4.69) is 0 Å². The highest BCUT2D eigenvalue weighted by Gasteiger charge is 2.40. The molecule has 33 heavy (non-hydrogen) atoms. The second-order valence-electron chi connectivity index (χ2n) is 8.02. The second-order valence-corrected chi connectivity index (χ2v) is 8.46. The third-order valence-electron chi connectivity index (χ3n) is 5.94. The lowest BCUT2D eigenvalue weighted by Gasteiger charge is -2.27. The zero-order valence-corrected chi connectivity index (χ0v) is 19.6. The van der Waals surface area contributed by atoms with E-state index in [1.54, 1.807) is 31.3 Å². The summed E-state index contributed by atoms with van der Waals surface area (Å²) in [6.07, 6.45) is 0.588. The van der Waals surface area contributed by atoms with Crippen molar-refractivity contribution in [1.82, 2.24) is 4.90 Å². The maximum absolute atomic E-state index is 13.2. The quantitative estimate of drug-likeness (QED) is 0.484. The van der Waals surface area contributed by atoms with Gasteiger partial charge in [-0.1, -0.05) is 59.6 Å². The Kier molecular flexibility index (Phi) is 6.61. The van der Waals surface area contributed by atoms with Crippen LogP contribution in [0.1, 0.15) is 28.3 Å². The Balaban J connectivity index is 1.68. The average Bonchev–Trinajstić information content (AvgIpc) is 3.08. The average molecular weight is 464 g/mol. The Morgan fingerprint density at radius 2 is 1.61 bits per heavy atom. The van der Waals surface area contributed by atoms with Crippen LogP contribution in [0.25, 0.3) is 5.57 Å². The summed E-state index contributed by atoms with van der Waals surface area (Å²) in [4.78, 5) is 14.9. The Morgan fingerprint density at radius 1 is 0.939 bits per heavy atom. The normalized spacial score (nSPS) is 15.8. The van der Waals surface area contributed by atoms with Crippen molar-refractivity contribution < 1.29 is 19.4 Å². The number of aliphatic hydroxyl groups is 1. The van der Waals surface area contributed by atoms with Gasteiger partial charge in [-0.3, -0.25) is 4.79 Å². The zero-order valence-electron chi connectivity index (χ0n) is 18.8. The molecule has 0 aliphatic carbocycles. The van der Waals surface area contributed by atoms with Crippen LogP contribution in [-0.2, 0) is 11.2 Å². The molecule has 1 aliphatic heterocycles. The van der Waals surface area contributed by atoms with Gasteiger partial charge in [0.1, 0.15) is 0 Å². The van der Waals surface area contributed by atoms with E-state index in [0.717, 1.165) is 22.3 Å². The first-order valence-corrected chi connectivity index (χ1v) is 11.1. The maximum Gasteiger partial charge on any atom is 0.289 e. The fraction of sp³-hybridized carbons (Fsp3) is 0.222. The Morgan fingerprint density at radius 3 is 2.24 bits per heavy atom. The molecule has 0 saturated heterocycles. The standard InChI is InChI=1S/C27H26ClNO4/c1-17-4-7-19(8-5-17)24-25(20-9-11-21(28)12-10-20)29(27(31)26(24)30)15-14-18-6-13-22(32-2)23(16-18)33-3/h4-13,16,25,30H,14-15H2,1-3H3/t25-/m0/s1. The van der Waals surface area contributed by atoms with Gasteiger partial charge in [0.2, 0.25) is 0 Å². The van der Waals surface area contributed by atoms with Crippen LogP contribution in [0.15, 0.2) is 72.5 Å². The minimum Gasteiger partial charge on any atom is -0.503 e. The fourth-order valence-electron chi connectivity index (χ4n) is 4.19. The topological polar surface area (TPSA) is 59.0 Å². The molecule has 1 heterocycles. The predicted molar refractivity (Wildman–Crippen MR) is 130 cm³/mol. The minimum atomic E-state index is -0.419. The molecule has 1 aliphatic rings. The van der Waals surface area contributed by atoms with Crippen molar-refractivity contribution in [1.29, 1.82) is 0 Å². The fourth-order valence-corrected chi connectivity index (χ4v) is 4.32. The lowest BCUT2D eigenvalue weighted by molar-refractivity contribution is -0.129. The van der Waals surface area contributed by atoms with E-state index in [4.69, 9.17) is 21.1 Å². The SMILES string of the molecule is COc1ccc(CCN2C(=O)C(O)=C(c3ccc(C)cc3)[C@@H]2c2ccc(Cl)cc2)cc1OC. The van der Waals surface area contributed by atoms with Gasteiger partial charge in [-0.15, -0.1) is 0 Å². The molecule has 3 aromatic carbocycles. The molecule has 3 aromatic rings. The van der Waals surface area contributed by atoms with E-state index in [-0.39, 0.29) is 11.7 Å². The van der Waals surface area contributed by atoms with E-state index in [1.165, 1.54) is 0 Å². The summed E-state index contributed by atoms with van der Waals surface area (Å²) in [7, 11) is 3.19. The largest absolute Gasteiger partial charge is 0.503 e. The van der Waals surface area contributed by atoms with E-state index in [1.807, 2.05) is 61.5 Å². The first-order chi connectivity index (χ1) is 15.9. The molecule has 0 saturated carbocycles. The number of halogens is 1. The van der Waals surface area contributed by atoms with Gasteiger partial charge < -0.3 is 19.5 Å². The van der Waals surface area contributed by atoms with E-state index < -0.39 is 6.04 Å². The number of rotatable bonds is 7. The van der Waals surface area contributed by atoms with Crippen LogP contribution in [0.3, 0.4) is 0 Å². The van der Waals surface area contributed by atoms with Crippen molar-refractivity contribution in [2.75, 3.05) is 20.8 Å². The molecule has 1 N–H and O–H groups in total. The number of carbonyl (C=O) groups is 1. The number of benzene rings is 3. The molecule has 0 radical (unpaired) electrons. The molecule has 0 aromatic heterocycles. The summed E-state index contributed by atoms with van der Waals surface area (Å²) < 4.78 is 10.7. The van der Waals surface area contributed by atoms with Crippen LogP contribution in [-0.4, -0.2) is 36.7 Å². The summed E-state index contributed by atoms with van der Waals surface area (Å²) in [5, 5.41) is 11.5. The van der Waals surface area contributed by atoms with Crippen LogP contribution < -0.4 is 9.47 Å². The molecule has 0 unspecified atom stereocenters. The monoisotopic (exact) mass is 463 g/mol. The highest BCUT2D eigenvalue weighted by Crippen LogP contribution is 2.43. The van der Waals surface area contributed by atoms with Gasteiger partial charge in [0.15, 0.2) is 17.3 Å². The second kappa shape index (κ2) is 9.59. The molecule has 6 heteroatoms. The number of hydrogen-bond donors (Lipinski definition) is 1. The number of aryl methyl sites for hydroxylation is 1. The minimum absolute atomic E-state index is 0.217. The van der Waals surface area contributed by atoms with Crippen LogP contribution >= 0.6 is 11.6 Å².